The third kappa shape index (κ3) is 7.17. The Morgan fingerprint density at radius 3 is 2.63 bits per heavy atom. The number of nitrogens with zero attached hydrogens (tertiary/aromatic N) is 1. The van der Waals surface area contributed by atoms with Gasteiger partial charge in [0.15, 0.2) is 0 Å². The molecule has 0 aliphatic rings. The molecule has 0 aliphatic carbocycles. The van der Waals surface area contributed by atoms with Crippen molar-refractivity contribution in [2.75, 3.05) is 30.9 Å². The Balaban J connectivity index is 0. The summed E-state index contributed by atoms with van der Waals surface area (Å²) >= 11 is 0. The second-order valence-electron chi connectivity index (χ2n) is 3.92. The van der Waals surface area contributed by atoms with Crippen LogP contribution in [0.15, 0.2) is 24.3 Å². The molecule has 1 aromatic carbocycles. The van der Waals surface area contributed by atoms with Crippen LogP contribution in [0.5, 0.6) is 5.75 Å². The van der Waals surface area contributed by atoms with Crippen molar-refractivity contribution in [3.63, 3.8) is 0 Å². The Labute approximate surface area is 138 Å². The molecule has 0 amide bonds. The summed E-state index contributed by atoms with van der Waals surface area (Å²) in [4.78, 5) is 2.04. The summed E-state index contributed by atoms with van der Waals surface area (Å²) in [6, 6.07) is 7.59. The predicted octanol–water partition coefficient (Wildman–Crippen LogP) is -1.08. The van der Waals surface area contributed by atoms with Crippen LogP contribution in [0.4, 0.5) is 5.69 Å². The molecule has 104 valence electrons. The Hall–Kier alpha value is -0.270. The fourth-order valence-electron chi connectivity index (χ4n) is 1.71. The zero-order chi connectivity index (χ0) is 13.6. The number of ether oxygens (including phenoxy) is 1. The van der Waals surface area contributed by atoms with Gasteiger partial charge < -0.3 is 11.1 Å². The van der Waals surface area contributed by atoms with Gasteiger partial charge in [-0.1, -0.05) is 6.07 Å². The normalized spacial score (nSPS) is 10.7. The molecule has 0 unspecified atom stereocenters. The van der Waals surface area contributed by atoms with Gasteiger partial charge in [-0.2, -0.15) is 8.42 Å². The molecule has 0 heterocycles. The molecule has 0 saturated carbocycles. The average molecular weight is 297 g/mol. The second-order valence-corrected chi connectivity index (χ2v) is 5.49. The number of rotatable bonds is 7. The molecule has 0 bridgehead atoms. The zero-order valence-corrected chi connectivity index (χ0v) is 14.5. The van der Waals surface area contributed by atoms with Crippen molar-refractivity contribution >= 4 is 15.8 Å². The van der Waals surface area contributed by atoms with E-state index < -0.39 is 10.1 Å². The number of anilines is 1. The minimum Gasteiger partial charge on any atom is -1.00 e. The molecule has 0 spiro atoms. The summed E-state index contributed by atoms with van der Waals surface area (Å²) in [7, 11) is -2.27. The van der Waals surface area contributed by atoms with Gasteiger partial charge in [0.05, 0.1) is 12.9 Å². The molecular formula is C12H20NNaO4S. The van der Waals surface area contributed by atoms with Gasteiger partial charge in [-0.25, -0.2) is 0 Å². The van der Waals surface area contributed by atoms with E-state index in [0.717, 1.165) is 18.0 Å². The van der Waals surface area contributed by atoms with Crippen LogP contribution in [-0.4, -0.2) is 38.9 Å². The minimum absolute atomic E-state index is 0. The van der Waals surface area contributed by atoms with Crippen molar-refractivity contribution in [1.29, 1.82) is 0 Å². The van der Waals surface area contributed by atoms with Gasteiger partial charge >= 0.3 is 29.6 Å². The monoisotopic (exact) mass is 297 g/mol. The Bertz CT molecular complexity index is 484. The zero-order valence-electron chi connectivity index (χ0n) is 12.7. The van der Waals surface area contributed by atoms with Crippen LogP contribution in [0.1, 0.15) is 14.8 Å². The maximum atomic E-state index is 10.7. The maximum absolute atomic E-state index is 10.7. The smallest absolute Gasteiger partial charge is 1.00 e. The van der Waals surface area contributed by atoms with E-state index in [0.29, 0.717) is 13.0 Å². The van der Waals surface area contributed by atoms with Crippen LogP contribution in [0.3, 0.4) is 0 Å². The van der Waals surface area contributed by atoms with E-state index in [1.54, 1.807) is 7.11 Å². The Kier molecular flexibility index (Phi) is 8.69. The fraction of sp³-hybridized carbons (Fsp3) is 0.500. The van der Waals surface area contributed by atoms with E-state index in [-0.39, 0.29) is 36.7 Å². The summed E-state index contributed by atoms with van der Waals surface area (Å²) in [6.45, 7) is 3.33. The first-order valence-electron chi connectivity index (χ1n) is 5.80. The second kappa shape index (κ2) is 8.81. The largest absolute Gasteiger partial charge is 1.00 e. The van der Waals surface area contributed by atoms with Crippen molar-refractivity contribution in [3.05, 3.63) is 24.3 Å². The van der Waals surface area contributed by atoms with Crippen LogP contribution >= 0.6 is 0 Å². The van der Waals surface area contributed by atoms with Gasteiger partial charge in [0.1, 0.15) is 5.75 Å². The van der Waals surface area contributed by atoms with Crippen LogP contribution in [0.25, 0.3) is 0 Å². The van der Waals surface area contributed by atoms with Gasteiger partial charge in [-0.05, 0) is 25.5 Å². The van der Waals surface area contributed by atoms with Crippen LogP contribution in [-0.2, 0) is 10.1 Å². The summed E-state index contributed by atoms with van der Waals surface area (Å²) in [5, 5.41) is 0. The van der Waals surface area contributed by atoms with E-state index >= 15 is 0 Å². The first-order chi connectivity index (χ1) is 8.46. The molecule has 5 nitrogen and oxygen atoms in total. The number of hydrogen-bond donors (Lipinski definition) is 1. The number of methoxy groups -OCH3 is 1. The van der Waals surface area contributed by atoms with E-state index in [4.69, 9.17) is 9.29 Å². The SMILES string of the molecule is CCN(CCCS(=O)(=O)O)c1cccc(OC)c1.[H-].[Na+]. The maximum Gasteiger partial charge on any atom is 1.00 e. The standard InChI is InChI=1S/C12H19NO4S.Na.H/c1-3-13(8-5-9-18(14,15)16)11-6-4-7-12(10-11)17-2;;/h4,6-7,10H,3,5,8-9H2,1-2H3,(H,14,15,16);;/q;+1;-1. The van der Waals surface area contributed by atoms with Gasteiger partial charge in [0.25, 0.3) is 10.1 Å². The fourth-order valence-corrected chi connectivity index (χ4v) is 2.21. The third-order valence-corrected chi connectivity index (χ3v) is 3.44. The molecular weight excluding hydrogens is 277 g/mol. The quantitative estimate of drug-likeness (QED) is 0.512. The van der Waals surface area contributed by atoms with Crippen LogP contribution in [0.2, 0.25) is 0 Å². The average Bonchev–Trinajstić information content (AvgIpc) is 2.33. The first kappa shape index (κ1) is 18.7. The van der Waals surface area contributed by atoms with Crippen molar-refractivity contribution in [3.8, 4) is 5.75 Å². The van der Waals surface area contributed by atoms with E-state index in [2.05, 4.69) is 0 Å². The summed E-state index contributed by atoms with van der Waals surface area (Å²) in [5.74, 6) is 0.550. The topological polar surface area (TPSA) is 66.8 Å². The molecule has 0 aliphatic heterocycles. The van der Waals surface area contributed by atoms with Crippen molar-refractivity contribution in [1.82, 2.24) is 0 Å². The minimum atomic E-state index is -3.87. The van der Waals surface area contributed by atoms with Gasteiger partial charge in [0, 0.05) is 24.8 Å². The molecule has 0 fully saturated rings. The van der Waals surface area contributed by atoms with E-state index in [1.165, 1.54) is 0 Å². The number of hydrogen-bond acceptors (Lipinski definition) is 4. The molecule has 0 aromatic heterocycles. The molecule has 0 radical (unpaired) electrons. The summed E-state index contributed by atoms with van der Waals surface area (Å²) < 4.78 is 35.1. The predicted molar refractivity (Wildman–Crippen MR) is 73.0 cm³/mol. The molecule has 1 N–H and O–H groups in total. The van der Waals surface area contributed by atoms with Gasteiger partial charge in [-0.3, -0.25) is 4.55 Å². The van der Waals surface area contributed by atoms with Gasteiger partial charge in [0.2, 0.25) is 0 Å². The molecule has 1 rings (SSSR count). The van der Waals surface area contributed by atoms with Crippen molar-refractivity contribution in [2.24, 2.45) is 0 Å². The Morgan fingerprint density at radius 2 is 2.11 bits per heavy atom. The molecule has 7 heteroatoms. The molecule has 19 heavy (non-hydrogen) atoms. The third-order valence-electron chi connectivity index (χ3n) is 2.63. The Morgan fingerprint density at radius 1 is 1.42 bits per heavy atom. The van der Waals surface area contributed by atoms with Crippen LogP contribution in [0, 0.1) is 0 Å². The van der Waals surface area contributed by atoms with Crippen LogP contribution < -0.4 is 39.2 Å². The summed E-state index contributed by atoms with van der Waals surface area (Å²) in [6.07, 6.45) is 0.393. The molecule has 0 saturated heterocycles. The first-order valence-corrected chi connectivity index (χ1v) is 7.41. The number of benzene rings is 1. The van der Waals surface area contributed by atoms with Crippen molar-refractivity contribution in [2.45, 2.75) is 13.3 Å². The summed E-state index contributed by atoms with van der Waals surface area (Å²) in [5.41, 5.74) is 0.979. The molecule has 0 atom stereocenters. The van der Waals surface area contributed by atoms with E-state index in [9.17, 15) is 8.42 Å². The van der Waals surface area contributed by atoms with E-state index in [1.807, 2.05) is 36.1 Å². The molecule has 1 aromatic rings. The van der Waals surface area contributed by atoms with Gasteiger partial charge in [-0.15, -0.1) is 0 Å². The van der Waals surface area contributed by atoms with Crippen molar-refractivity contribution < 1.29 is 48.7 Å².